The van der Waals surface area contributed by atoms with Crippen molar-refractivity contribution in [3.05, 3.63) is 143 Å². The van der Waals surface area contributed by atoms with Crippen molar-refractivity contribution in [2.75, 3.05) is 53.4 Å². The van der Waals surface area contributed by atoms with Crippen LogP contribution in [0, 0.1) is 11.8 Å². The van der Waals surface area contributed by atoms with Gasteiger partial charge >= 0.3 is 0 Å². The van der Waals surface area contributed by atoms with E-state index in [1.165, 1.54) is 0 Å². The SMILES string of the molecule is CCCN(Cc1ncc(-c2ccc(-c3ccc(-c4cnc(C5CCCN5C(=O)C(NC(=O)C5CCN(C)CC5)c5ccccc5)s4)cc3)cc2)s1)C(=O)C(NC(=O)C1CCN(C)CC1)c1ccccc1. The number of piperidine rings is 2. The molecule has 0 spiro atoms. The van der Waals surface area contributed by atoms with Crippen LogP contribution in [-0.2, 0) is 25.7 Å². The standard InChI is InChI=1S/C56H64N8O4S2/c1-4-29-63(55(67)50(42-12-7-5-8-13-42)59-52(65)44-25-31-61(2)32-26-44)37-49-57-35-47(69-49)40-21-17-38(18-22-40)39-19-23-41(24-20-39)48-36-58-54(70-48)46-16-11-30-64(46)56(68)51(43-14-9-6-10-15-43)60-53(66)45-27-33-62(3)34-28-45/h5-10,12-15,17-24,35-36,44-46,50-51H,4,11,16,25-34,37H2,1-3H3,(H,59,65)(H,60,66). The first-order chi connectivity index (χ1) is 34.1. The Hall–Kier alpha value is -6.06. The average Bonchev–Trinajstić information content (AvgIpc) is 4.20. The van der Waals surface area contributed by atoms with Gasteiger partial charge < -0.3 is 30.2 Å². The summed E-state index contributed by atoms with van der Waals surface area (Å²) in [4.78, 5) is 75.8. The number of carbonyl (C=O) groups excluding carboxylic acids is 4. The zero-order valence-electron chi connectivity index (χ0n) is 40.5. The summed E-state index contributed by atoms with van der Waals surface area (Å²) in [7, 11) is 4.16. The Balaban J connectivity index is 0.835. The summed E-state index contributed by atoms with van der Waals surface area (Å²) in [6.07, 6.45) is 9.44. The molecule has 9 rings (SSSR count). The van der Waals surface area contributed by atoms with E-state index in [1.54, 1.807) is 22.7 Å². The minimum Gasteiger partial charge on any atom is -0.340 e. The number of hydrogen-bond donors (Lipinski definition) is 2. The molecule has 2 N–H and O–H groups in total. The number of nitrogens with one attached hydrogen (secondary N) is 2. The van der Waals surface area contributed by atoms with Gasteiger partial charge in [-0.3, -0.25) is 19.2 Å². The molecule has 4 amide bonds. The second kappa shape index (κ2) is 22.8. The van der Waals surface area contributed by atoms with Gasteiger partial charge in [0.1, 0.15) is 22.1 Å². The third kappa shape index (κ3) is 11.6. The normalized spacial score (nSPS) is 18.0. The molecule has 2 aromatic heterocycles. The highest BCUT2D eigenvalue weighted by atomic mass is 32.1. The number of amides is 4. The lowest BCUT2D eigenvalue weighted by Crippen LogP contribution is -2.46. The van der Waals surface area contributed by atoms with E-state index >= 15 is 0 Å². The van der Waals surface area contributed by atoms with Crippen LogP contribution in [0.2, 0.25) is 0 Å². The molecule has 6 aromatic rings. The Morgan fingerprint density at radius 2 is 1.10 bits per heavy atom. The van der Waals surface area contributed by atoms with Crippen molar-refractivity contribution in [3.63, 3.8) is 0 Å². The van der Waals surface area contributed by atoms with Crippen LogP contribution < -0.4 is 10.6 Å². The Morgan fingerprint density at radius 1 is 0.614 bits per heavy atom. The van der Waals surface area contributed by atoms with Crippen molar-refractivity contribution in [3.8, 4) is 32.0 Å². The number of thiazole rings is 2. The Kier molecular flexibility index (Phi) is 15.9. The summed E-state index contributed by atoms with van der Waals surface area (Å²) in [6.45, 7) is 7.09. The van der Waals surface area contributed by atoms with Crippen LogP contribution in [0.4, 0.5) is 0 Å². The maximum absolute atomic E-state index is 14.4. The quantitative estimate of drug-likeness (QED) is 0.0982. The van der Waals surface area contributed by atoms with E-state index in [-0.39, 0.29) is 41.5 Å². The largest absolute Gasteiger partial charge is 0.340 e. The van der Waals surface area contributed by atoms with Crippen molar-refractivity contribution >= 4 is 46.3 Å². The number of nitrogens with zero attached hydrogens (tertiary/aromatic N) is 6. The maximum Gasteiger partial charge on any atom is 0.250 e. The zero-order chi connectivity index (χ0) is 48.6. The lowest BCUT2D eigenvalue weighted by Gasteiger charge is -2.32. The van der Waals surface area contributed by atoms with Crippen LogP contribution in [0.1, 0.15) is 91.1 Å². The molecule has 3 atom stereocenters. The summed E-state index contributed by atoms with van der Waals surface area (Å²) in [5, 5.41) is 8.07. The van der Waals surface area contributed by atoms with Crippen molar-refractivity contribution in [1.82, 2.24) is 40.2 Å². The van der Waals surface area contributed by atoms with Crippen molar-refractivity contribution < 1.29 is 19.2 Å². The van der Waals surface area contributed by atoms with Crippen LogP contribution in [0.25, 0.3) is 32.0 Å². The fourth-order valence-electron chi connectivity index (χ4n) is 10.0. The number of rotatable bonds is 16. The molecular weight excluding hydrogens is 913 g/mol. The van der Waals surface area contributed by atoms with Crippen LogP contribution in [-0.4, -0.2) is 107 Å². The lowest BCUT2D eigenvalue weighted by atomic mass is 9.95. The molecule has 0 radical (unpaired) electrons. The molecule has 3 aliphatic heterocycles. The first kappa shape index (κ1) is 48.9. The highest BCUT2D eigenvalue weighted by Gasteiger charge is 2.38. The summed E-state index contributed by atoms with van der Waals surface area (Å²) in [5.74, 6) is -0.508. The number of aromatic nitrogens is 2. The van der Waals surface area contributed by atoms with Gasteiger partial charge in [-0.2, -0.15) is 0 Å². The van der Waals surface area contributed by atoms with Gasteiger partial charge in [0.15, 0.2) is 0 Å². The Labute approximate surface area is 420 Å². The molecule has 0 bridgehead atoms. The first-order valence-corrected chi connectivity index (χ1v) is 26.5. The molecule has 0 saturated carbocycles. The van der Waals surface area contributed by atoms with Gasteiger partial charge in [0.25, 0.3) is 0 Å². The zero-order valence-corrected chi connectivity index (χ0v) is 42.1. The van der Waals surface area contributed by atoms with E-state index in [1.807, 2.05) is 82.9 Å². The molecule has 14 heteroatoms. The van der Waals surface area contributed by atoms with Gasteiger partial charge in [-0.1, -0.05) is 116 Å². The van der Waals surface area contributed by atoms with Gasteiger partial charge in [0.2, 0.25) is 23.6 Å². The summed E-state index contributed by atoms with van der Waals surface area (Å²) in [5.41, 5.74) is 5.88. The van der Waals surface area contributed by atoms with Gasteiger partial charge in [-0.25, -0.2) is 9.97 Å². The maximum atomic E-state index is 14.4. The predicted molar refractivity (Wildman–Crippen MR) is 279 cm³/mol. The van der Waals surface area contributed by atoms with Crippen LogP contribution in [0.3, 0.4) is 0 Å². The van der Waals surface area contributed by atoms with E-state index in [0.29, 0.717) is 19.6 Å². The van der Waals surface area contributed by atoms with Crippen LogP contribution in [0.15, 0.2) is 122 Å². The molecule has 3 fully saturated rings. The minimum atomic E-state index is -0.768. The molecule has 3 aliphatic rings. The van der Waals surface area contributed by atoms with E-state index < -0.39 is 12.1 Å². The third-order valence-corrected chi connectivity index (χ3v) is 16.4. The second-order valence-corrected chi connectivity index (χ2v) is 21.3. The summed E-state index contributed by atoms with van der Waals surface area (Å²) >= 11 is 3.21. The molecule has 70 heavy (non-hydrogen) atoms. The highest BCUT2D eigenvalue weighted by Crippen LogP contribution is 2.39. The van der Waals surface area contributed by atoms with E-state index in [0.717, 1.165) is 124 Å². The van der Waals surface area contributed by atoms with E-state index in [9.17, 15) is 19.2 Å². The number of hydrogen-bond acceptors (Lipinski definition) is 10. The van der Waals surface area contributed by atoms with Gasteiger partial charge in [0.05, 0.1) is 22.3 Å². The Morgan fingerprint density at radius 3 is 1.64 bits per heavy atom. The lowest BCUT2D eigenvalue weighted by molar-refractivity contribution is -0.138. The summed E-state index contributed by atoms with van der Waals surface area (Å²) < 4.78 is 0. The number of likely N-dealkylation sites (tertiary alicyclic amines) is 3. The molecule has 4 aromatic carbocycles. The van der Waals surface area contributed by atoms with Gasteiger partial charge in [-0.05, 0) is 119 Å². The second-order valence-electron chi connectivity index (χ2n) is 19.1. The Bertz CT molecular complexity index is 2690. The molecule has 0 aliphatic carbocycles. The van der Waals surface area contributed by atoms with Crippen LogP contribution in [0.5, 0.6) is 0 Å². The molecule has 5 heterocycles. The van der Waals surface area contributed by atoms with Crippen molar-refractivity contribution in [2.45, 2.75) is 76.5 Å². The molecule has 364 valence electrons. The van der Waals surface area contributed by atoms with Crippen LogP contribution >= 0.6 is 22.7 Å². The van der Waals surface area contributed by atoms with E-state index in [2.05, 4.69) is 90.0 Å². The topological polar surface area (TPSA) is 131 Å². The van der Waals surface area contributed by atoms with Gasteiger partial charge in [0, 0.05) is 37.3 Å². The van der Waals surface area contributed by atoms with Gasteiger partial charge in [-0.15, -0.1) is 22.7 Å². The first-order valence-electron chi connectivity index (χ1n) is 24.9. The molecule has 3 unspecified atom stereocenters. The fourth-order valence-corrected chi connectivity index (χ4v) is 12.0. The fraction of sp³-hybridized carbons (Fsp3) is 0.393. The third-order valence-electron chi connectivity index (χ3n) is 14.2. The van der Waals surface area contributed by atoms with Crippen molar-refractivity contribution in [2.24, 2.45) is 11.8 Å². The monoisotopic (exact) mass is 976 g/mol. The smallest absolute Gasteiger partial charge is 0.250 e. The highest BCUT2D eigenvalue weighted by molar-refractivity contribution is 7.15. The van der Waals surface area contributed by atoms with E-state index in [4.69, 9.17) is 9.97 Å². The minimum absolute atomic E-state index is 0.0446. The van der Waals surface area contributed by atoms with Crippen molar-refractivity contribution in [1.29, 1.82) is 0 Å². The molecule has 12 nitrogen and oxygen atoms in total. The summed E-state index contributed by atoms with van der Waals surface area (Å²) in [6, 6.07) is 34.5. The molecule has 3 saturated heterocycles. The predicted octanol–water partition coefficient (Wildman–Crippen LogP) is 9.40. The number of benzene rings is 4. The molecular formula is C56H64N8O4S2. The number of carbonyl (C=O) groups is 4. The average molecular weight is 977 g/mol.